The van der Waals surface area contributed by atoms with E-state index in [1.165, 1.54) is 6.07 Å². The molecule has 0 amide bonds. The molecule has 1 N–H and O–H groups in total. The Kier molecular flexibility index (Phi) is 5.08. The molecular weight excluding hydrogens is 421 g/mol. The highest BCUT2D eigenvalue weighted by molar-refractivity contribution is 7.21. The van der Waals surface area contributed by atoms with Crippen molar-refractivity contribution >= 4 is 55.6 Å². The van der Waals surface area contributed by atoms with Crippen LogP contribution in [0.4, 0.5) is 10.8 Å². The Morgan fingerprint density at radius 2 is 1.96 bits per heavy atom. The summed E-state index contributed by atoms with van der Waals surface area (Å²) in [6, 6.07) is 12.2. The van der Waals surface area contributed by atoms with Crippen molar-refractivity contribution in [2.75, 3.05) is 5.32 Å². The summed E-state index contributed by atoms with van der Waals surface area (Å²) in [5.74, 6) is 0.877. The van der Waals surface area contributed by atoms with Gasteiger partial charge in [-0.05, 0) is 41.2 Å². The number of rotatable bonds is 5. The second-order valence-electron chi connectivity index (χ2n) is 5.77. The predicted octanol–water partition coefficient (Wildman–Crippen LogP) is 5.58. The SMILES string of the molecule is O=[N+]([O-])c1cc2c(NCc3ccc(Cl)c(Cl)c3)nc(-c3ccccn3)nc2s1. The van der Waals surface area contributed by atoms with Crippen molar-refractivity contribution in [2.45, 2.75) is 6.54 Å². The Hall–Kier alpha value is -2.81. The fourth-order valence-corrected chi connectivity index (χ4v) is 3.75. The van der Waals surface area contributed by atoms with Gasteiger partial charge in [-0.15, -0.1) is 0 Å². The molecule has 0 aliphatic heterocycles. The molecule has 4 rings (SSSR count). The molecule has 3 heterocycles. The maximum Gasteiger partial charge on any atom is 0.326 e. The van der Waals surface area contributed by atoms with Gasteiger partial charge in [0.2, 0.25) is 0 Å². The summed E-state index contributed by atoms with van der Waals surface area (Å²) < 4.78 is 0. The highest BCUT2D eigenvalue weighted by Crippen LogP contribution is 2.35. The molecule has 0 aliphatic rings. The number of thiophene rings is 1. The second kappa shape index (κ2) is 7.67. The highest BCUT2D eigenvalue weighted by atomic mass is 35.5. The van der Waals surface area contributed by atoms with E-state index < -0.39 is 4.92 Å². The summed E-state index contributed by atoms with van der Waals surface area (Å²) in [6.07, 6.45) is 1.64. The summed E-state index contributed by atoms with van der Waals surface area (Å²) in [7, 11) is 0. The minimum absolute atomic E-state index is 0.0000539. The van der Waals surface area contributed by atoms with E-state index in [9.17, 15) is 10.1 Å². The van der Waals surface area contributed by atoms with E-state index in [0.29, 0.717) is 44.1 Å². The van der Waals surface area contributed by atoms with Crippen LogP contribution in [0.25, 0.3) is 21.7 Å². The number of pyridine rings is 1. The van der Waals surface area contributed by atoms with Gasteiger partial charge in [0.1, 0.15) is 16.3 Å². The molecule has 0 fully saturated rings. The van der Waals surface area contributed by atoms with Crippen LogP contribution >= 0.6 is 34.5 Å². The first-order chi connectivity index (χ1) is 13.5. The maximum absolute atomic E-state index is 11.2. The third-order valence-electron chi connectivity index (χ3n) is 3.90. The van der Waals surface area contributed by atoms with Crippen molar-refractivity contribution < 1.29 is 4.92 Å². The third kappa shape index (κ3) is 3.75. The molecule has 0 aliphatic carbocycles. The van der Waals surface area contributed by atoms with Gasteiger partial charge in [0.15, 0.2) is 5.82 Å². The lowest BCUT2D eigenvalue weighted by molar-refractivity contribution is -0.380. The molecule has 1 aromatic carbocycles. The van der Waals surface area contributed by atoms with Gasteiger partial charge in [-0.3, -0.25) is 15.1 Å². The fraction of sp³-hybridized carbons (Fsp3) is 0.0556. The first-order valence-electron chi connectivity index (χ1n) is 8.06. The number of aromatic nitrogens is 3. The number of benzene rings is 1. The number of hydrogen-bond donors (Lipinski definition) is 1. The van der Waals surface area contributed by atoms with E-state index in [1.807, 2.05) is 12.1 Å². The molecule has 0 spiro atoms. The standard InChI is InChI=1S/C18H11Cl2N5O2S/c19-12-5-4-10(7-13(12)20)9-22-16-11-8-15(25(26)27)28-18(11)24-17(23-16)14-3-1-2-6-21-14/h1-8H,9H2,(H,22,23,24). The lowest BCUT2D eigenvalue weighted by Crippen LogP contribution is -2.04. The van der Waals surface area contributed by atoms with Crippen LogP contribution in [0.1, 0.15) is 5.56 Å². The Bertz CT molecular complexity index is 1180. The van der Waals surface area contributed by atoms with Gasteiger partial charge in [-0.1, -0.05) is 35.3 Å². The summed E-state index contributed by atoms with van der Waals surface area (Å²) in [5.41, 5.74) is 1.48. The second-order valence-corrected chi connectivity index (χ2v) is 7.60. The molecule has 0 bridgehead atoms. The average molecular weight is 432 g/mol. The van der Waals surface area contributed by atoms with Crippen LogP contribution in [-0.4, -0.2) is 19.9 Å². The number of hydrogen-bond acceptors (Lipinski definition) is 7. The third-order valence-corrected chi connectivity index (χ3v) is 5.62. The topological polar surface area (TPSA) is 93.8 Å². The van der Waals surface area contributed by atoms with E-state index in [0.717, 1.165) is 16.9 Å². The first-order valence-corrected chi connectivity index (χ1v) is 9.63. The molecule has 0 saturated heterocycles. The van der Waals surface area contributed by atoms with Gasteiger partial charge in [-0.25, -0.2) is 9.97 Å². The van der Waals surface area contributed by atoms with Crippen LogP contribution in [0.3, 0.4) is 0 Å². The van der Waals surface area contributed by atoms with Gasteiger partial charge in [-0.2, -0.15) is 0 Å². The fourth-order valence-electron chi connectivity index (χ4n) is 2.58. The summed E-state index contributed by atoms with van der Waals surface area (Å²) in [6.45, 7) is 0.411. The lowest BCUT2D eigenvalue weighted by atomic mass is 10.2. The summed E-state index contributed by atoms with van der Waals surface area (Å²) in [4.78, 5) is 24.5. The zero-order chi connectivity index (χ0) is 19.7. The minimum Gasteiger partial charge on any atom is -0.365 e. The van der Waals surface area contributed by atoms with Crippen LogP contribution in [-0.2, 0) is 6.54 Å². The van der Waals surface area contributed by atoms with Crippen LogP contribution in [0.5, 0.6) is 0 Å². The zero-order valence-corrected chi connectivity index (χ0v) is 16.4. The zero-order valence-electron chi connectivity index (χ0n) is 14.1. The van der Waals surface area contributed by atoms with E-state index in [4.69, 9.17) is 23.2 Å². The van der Waals surface area contributed by atoms with Gasteiger partial charge in [0, 0.05) is 18.8 Å². The van der Waals surface area contributed by atoms with Crippen molar-refractivity contribution in [1.82, 2.24) is 15.0 Å². The Morgan fingerprint density at radius 3 is 2.68 bits per heavy atom. The van der Waals surface area contributed by atoms with Crippen molar-refractivity contribution in [2.24, 2.45) is 0 Å². The van der Waals surface area contributed by atoms with E-state index in [1.54, 1.807) is 30.5 Å². The number of nitrogens with zero attached hydrogens (tertiary/aromatic N) is 4. The molecular formula is C18H11Cl2N5O2S. The monoisotopic (exact) mass is 431 g/mol. The largest absolute Gasteiger partial charge is 0.365 e. The van der Waals surface area contributed by atoms with Crippen molar-refractivity contribution in [1.29, 1.82) is 0 Å². The van der Waals surface area contributed by atoms with Crippen molar-refractivity contribution in [3.05, 3.63) is 74.4 Å². The molecule has 4 aromatic rings. The van der Waals surface area contributed by atoms with Crippen molar-refractivity contribution in [3.63, 3.8) is 0 Å². The van der Waals surface area contributed by atoms with E-state index >= 15 is 0 Å². The minimum atomic E-state index is -0.435. The van der Waals surface area contributed by atoms with Gasteiger partial charge >= 0.3 is 5.00 Å². The average Bonchev–Trinajstić information content (AvgIpc) is 3.14. The number of anilines is 1. The number of fused-ring (bicyclic) bond motifs is 1. The maximum atomic E-state index is 11.2. The lowest BCUT2D eigenvalue weighted by Gasteiger charge is -2.09. The molecule has 0 radical (unpaired) electrons. The quantitative estimate of drug-likeness (QED) is 0.327. The highest BCUT2D eigenvalue weighted by Gasteiger charge is 2.18. The van der Waals surface area contributed by atoms with Gasteiger partial charge < -0.3 is 5.32 Å². The predicted molar refractivity (Wildman–Crippen MR) is 111 cm³/mol. The molecule has 140 valence electrons. The Balaban J connectivity index is 1.75. The molecule has 3 aromatic heterocycles. The van der Waals surface area contributed by atoms with Crippen molar-refractivity contribution in [3.8, 4) is 11.5 Å². The summed E-state index contributed by atoms with van der Waals surface area (Å²) in [5, 5.41) is 15.9. The van der Waals surface area contributed by atoms with Crippen LogP contribution in [0.15, 0.2) is 48.7 Å². The van der Waals surface area contributed by atoms with E-state index in [2.05, 4.69) is 20.3 Å². The molecule has 0 unspecified atom stereocenters. The molecule has 7 nitrogen and oxygen atoms in total. The number of halogens is 2. The summed E-state index contributed by atoms with van der Waals surface area (Å²) >= 11 is 13.0. The van der Waals surface area contributed by atoms with Crippen LogP contribution < -0.4 is 5.32 Å². The van der Waals surface area contributed by atoms with Crippen LogP contribution in [0, 0.1) is 10.1 Å². The molecule has 10 heteroatoms. The smallest absolute Gasteiger partial charge is 0.326 e. The molecule has 0 saturated carbocycles. The normalized spacial score (nSPS) is 10.9. The van der Waals surface area contributed by atoms with Crippen LogP contribution in [0.2, 0.25) is 10.0 Å². The first kappa shape index (κ1) is 18.5. The van der Waals surface area contributed by atoms with Gasteiger partial charge in [0.25, 0.3) is 0 Å². The van der Waals surface area contributed by atoms with Gasteiger partial charge in [0.05, 0.1) is 20.4 Å². The Morgan fingerprint density at radius 1 is 1.11 bits per heavy atom. The molecule has 28 heavy (non-hydrogen) atoms. The number of nitro groups is 1. The van der Waals surface area contributed by atoms with E-state index in [-0.39, 0.29) is 5.00 Å². The molecule has 0 atom stereocenters. The Labute approximate surface area is 173 Å². The number of nitrogens with one attached hydrogen (secondary N) is 1.